The van der Waals surface area contributed by atoms with E-state index in [4.69, 9.17) is 4.74 Å². The van der Waals surface area contributed by atoms with E-state index in [1.165, 1.54) is 17.6 Å². The molecule has 0 aliphatic rings. The van der Waals surface area contributed by atoms with Gasteiger partial charge in [0.1, 0.15) is 0 Å². The van der Waals surface area contributed by atoms with Crippen molar-refractivity contribution in [3.8, 4) is 0 Å². The highest BCUT2D eigenvalue weighted by Crippen LogP contribution is 2.24. The Morgan fingerprint density at radius 3 is 2.33 bits per heavy atom. The first-order valence-electron chi connectivity index (χ1n) is 6.40. The van der Waals surface area contributed by atoms with Crippen LogP contribution >= 0.6 is 11.8 Å². The number of rotatable bonds is 6. The highest BCUT2D eigenvalue weighted by Gasteiger charge is 2.17. The van der Waals surface area contributed by atoms with Gasteiger partial charge in [0, 0.05) is 10.1 Å². The fourth-order valence-electron chi connectivity index (χ4n) is 1.82. The number of thioether (sulfide) groups is 1. The molecule has 0 aromatic heterocycles. The first kappa shape index (κ1) is 15.1. The van der Waals surface area contributed by atoms with E-state index < -0.39 is 0 Å². The number of carbonyl (C=O) groups is 1. The zero-order valence-corrected chi connectivity index (χ0v) is 12.4. The number of ether oxygens (including phenoxy) is 1. The van der Waals surface area contributed by atoms with Crippen LogP contribution in [0.2, 0.25) is 0 Å². The quantitative estimate of drug-likeness (QED) is 0.576. The molecule has 0 saturated carbocycles. The number of carbonyl (C=O) groups excluding carboxylic acids is 1. The van der Waals surface area contributed by atoms with E-state index in [1.54, 1.807) is 0 Å². The van der Waals surface area contributed by atoms with Crippen molar-refractivity contribution in [3.63, 3.8) is 0 Å². The van der Waals surface area contributed by atoms with Gasteiger partial charge in [0.2, 0.25) is 0 Å². The average molecular weight is 266 g/mol. The fourth-order valence-corrected chi connectivity index (χ4v) is 2.66. The molecular formula is C15H22O2S. The van der Waals surface area contributed by atoms with Gasteiger partial charge in [-0.3, -0.25) is 4.79 Å². The van der Waals surface area contributed by atoms with Crippen LogP contribution in [-0.2, 0) is 16.0 Å². The number of methoxy groups -OCH3 is 1. The molecule has 1 aromatic rings. The summed E-state index contributed by atoms with van der Waals surface area (Å²) < 4.78 is 4.81. The van der Waals surface area contributed by atoms with Crippen LogP contribution in [0.3, 0.4) is 0 Å². The molecular weight excluding hydrogens is 244 g/mol. The molecule has 1 atom stereocenters. The van der Waals surface area contributed by atoms with E-state index in [9.17, 15) is 4.79 Å². The molecule has 100 valence electrons. The molecule has 0 spiro atoms. The predicted octanol–water partition coefficient (Wildman–Crippen LogP) is 3.93. The Bertz CT molecular complexity index is 371. The van der Waals surface area contributed by atoms with Gasteiger partial charge >= 0.3 is 5.97 Å². The molecule has 0 bridgehead atoms. The zero-order chi connectivity index (χ0) is 13.5. The van der Waals surface area contributed by atoms with Gasteiger partial charge in [-0.2, -0.15) is 0 Å². The monoisotopic (exact) mass is 266 g/mol. The second-order valence-corrected chi connectivity index (χ2v) is 6.29. The molecule has 0 heterocycles. The summed E-state index contributed by atoms with van der Waals surface area (Å²) in [5.41, 5.74) is 1.19. The SMILES string of the molecule is CCC(Cc1ccc(SC(C)C)cc1)C(=O)OC. The molecule has 0 radical (unpaired) electrons. The van der Waals surface area contributed by atoms with E-state index in [-0.39, 0.29) is 11.9 Å². The minimum Gasteiger partial charge on any atom is -0.469 e. The van der Waals surface area contributed by atoms with Gasteiger partial charge in [-0.1, -0.05) is 32.9 Å². The van der Waals surface area contributed by atoms with Crippen molar-refractivity contribution in [2.45, 2.75) is 43.8 Å². The number of hydrogen-bond acceptors (Lipinski definition) is 3. The molecule has 1 aromatic carbocycles. The van der Waals surface area contributed by atoms with Crippen LogP contribution in [-0.4, -0.2) is 18.3 Å². The summed E-state index contributed by atoms with van der Waals surface area (Å²) in [6, 6.07) is 8.47. The van der Waals surface area contributed by atoms with Gasteiger partial charge < -0.3 is 4.74 Å². The lowest BCUT2D eigenvalue weighted by Gasteiger charge is -2.12. The normalized spacial score (nSPS) is 12.5. The van der Waals surface area contributed by atoms with Gasteiger partial charge in [0.05, 0.1) is 13.0 Å². The summed E-state index contributed by atoms with van der Waals surface area (Å²) in [4.78, 5) is 12.8. The molecule has 0 fully saturated rings. The van der Waals surface area contributed by atoms with E-state index in [0.717, 1.165) is 12.8 Å². The molecule has 1 rings (SSSR count). The summed E-state index contributed by atoms with van der Waals surface area (Å²) in [5, 5.41) is 0.592. The maximum atomic E-state index is 11.5. The molecule has 0 aliphatic heterocycles. The Morgan fingerprint density at radius 1 is 1.28 bits per heavy atom. The van der Waals surface area contributed by atoms with Crippen LogP contribution in [0.15, 0.2) is 29.2 Å². The van der Waals surface area contributed by atoms with Crippen LogP contribution in [0.4, 0.5) is 0 Å². The third kappa shape index (κ3) is 4.73. The molecule has 0 amide bonds. The standard InChI is InChI=1S/C15H22O2S/c1-5-13(15(16)17-4)10-12-6-8-14(9-7-12)18-11(2)3/h6-9,11,13H,5,10H2,1-4H3. The van der Waals surface area contributed by atoms with E-state index in [2.05, 4.69) is 38.1 Å². The van der Waals surface area contributed by atoms with Crippen molar-refractivity contribution in [2.24, 2.45) is 5.92 Å². The fraction of sp³-hybridized carbons (Fsp3) is 0.533. The maximum absolute atomic E-state index is 11.5. The van der Waals surface area contributed by atoms with Crippen LogP contribution in [0.25, 0.3) is 0 Å². The average Bonchev–Trinajstić information content (AvgIpc) is 2.36. The van der Waals surface area contributed by atoms with Crippen LogP contribution < -0.4 is 0 Å². The summed E-state index contributed by atoms with van der Waals surface area (Å²) in [6.45, 7) is 6.39. The van der Waals surface area contributed by atoms with Gasteiger partial charge in [0.15, 0.2) is 0 Å². The largest absolute Gasteiger partial charge is 0.469 e. The van der Waals surface area contributed by atoms with E-state index in [1.807, 2.05) is 18.7 Å². The maximum Gasteiger partial charge on any atom is 0.308 e. The Balaban J connectivity index is 2.64. The highest BCUT2D eigenvalue weighted by molar-refractivity contribution is 7.99. The number of benzene rings is 1. The third-order valence-electron chi connectivity index (χ3n) is 2.80. The molecule has 1 unspecified atom stereocenters. The van der Waals surface area contributed by atoms with Crippen molar-refractivity contribution < 1.29 is 9.53 Å². The zero-order valence-electron chi connectivity index (χ0n) is 11.6. The van der Waals surface area contributed by atoms with Gasteiger partial charge in [-0.15, -0.1) is 11.8 Å². The Labute approximate surface area is 114 Å². The van der Waals surface area contributed by atoms with Crippen molar-refractivity contribution >= 4 is 17.7 Å². The molecule has 0 N–H and O–H groups in total. The molecule has 2 nitrogen and oxygen atoms in total. The van der Waals surface area contributed by atoms with E-state index >= 15 is 0 Å². The van der Waals surface area contributed by atoms with Crippen molar-refractivity contribution in [2.75, 3.05) is 7.11 Å². The van der Waals surface area contributed by atoms with Crippen molar-refractivity contribution in [3.05, 3.63) is 29.8 Å². The molecule has 3 heteroatoms. The van der Waals surface area contributed by atoms with Crippen LogP contribution in [0.5, 0.6) is 0 Å². The minimum atomic E-state index is -0.113. The second kappa shape index (κ2) is 7.47. The van der Waals surface area contributed by atoms with Gasteiger partial charge in [0.25, 0.3) is 0 Å². The smallest absolute Gasteiger partial charge is 0.308 e. The second-order valence-electron chi connectivity index (χ2n) is 4.64. The number of hydrogen-bond donors (Lipinski definition) is 0. The summed E-state index contributed by atoms with van der Waals surface area (Å²) in [7, 11) is 1.45. The summed E-state index contributed by atoms with van der Waals surface area (Å²) in [6.07, 6.45) is 1.57. The Morgan fingerprint density at radius 2 is 1.89 bits per heavy atom. The first-order valence-corrected chi connectivity index (χ1v) is 7.28. The van der Waals surface area contributed by atoms with Crippen molar-refractivity contribution in [1.29, 1.82) is 0 Å². The lowest BCUT2D eigenvalue weighted by molar-refractivity contribution is -0.145. The van der Waals surface area contributed by atoms with Gasteiger partial charge in [-0.25, -0.2) is 0 Å². The first-order chi connectivity index (χ1) is 8.56. The lowest BCUT2D eigenvalue weighted by Crippen LogP contribution is -2.17. The lowest BCUT2D eigenvalue weighted by atomic mass is 9.97. The van der Waals surface area contributed by atoms with Gasteiger partial charge in [-0.05, 0) is 30.5 Å². The van der Waals surface area contributed by atoms with Crippen LogP contribution in [0.1, 0.15) is 32.8 Å². The van der Waals surface area contributed by atoms with Crippen molar-refractivity contribution in [1.82, 2.24) is 0 Å². The molecule has 0 aliphatic carbocycles. The topological polar surface area (TPSA) is 26.3 Å². The predicted molar refractivity (Wildman–Crippen MR) is 76.9 cm³/mol. The number of esters is 1. The highest BCUT2D eigenvalue weighted by atomic mass is 32.2. The minimum absolute atomic E-state index is 0.0291. The van der Waals surface area contributed by atoms with E-state index in [0.29, 0.717) is 5.25 Å². The van der Waals surface area contributed by atoms with Crippen LogP contribution in [0, 0.1) is 5.92 Å². The molecule has 0 saturated heterocycles. The Kier molecular flexibility index (Phi) is 6.27. The molecule has 18 heavy (non-hydrogen) atoms. The Hall–Kier alpha value is -0.960. The third-order valence-corrected chi connectivity index (χ3v) is 3.82. The summed E-state index contributed by atoms with van der Waals surface area (Å²) >= 11 is 1.85. The summed E-state index contributed by atoms with van der Waals surface area (Å²) in [5.74, 6) is -0.142.